The maximum atomic E-state index is 12.5. The van der Waals surface area contributed by atoms with Crippen LogP contribution in [-0.4, -0.2) is 18.6 Å². The number of benzene rings is 3. The van der Waals surface area contributed by atoms with Gasteiger partial charge in [-0.25, -0.2) is 5.48 Å². The van der Waals surface area contributed by atoms with E-state index in [9.17, 15) is 4.79 Å². The Labute approximate surface area is 159 Å². The number of hydrogen-bond donors (Lipinski definition) is 2. The molecule has 27 heavy (non-hydrogen) atoms. The SMILES string of the molecule is O=C1NOCC[C@@H]1NC(c1ccccc1)(c1ccccc1)c1ccccc1. The van der Waals surface area contributed by atoms with Gasteiger partial charge in [0.05, 0.1) is 18.2 Å². The van der Waals surface area contributed by atoms with Crippen LogP contribution in [0.5, 0.6) is 0 Å². The van der Waals surface area contributed by atoms with Crippen LogP contribution in [-0.2, 0) is 15.2 Å². The topological polar surface area (TPSA) is 50.4 Å². The Morgan fingerprint density at radius 2 is 1.22 bits per heavy atom. The van der Waals surface area contributed by atoms with E-state index < -0.39 is 5.54 Å². The fourth-order valence-corrected chi connectivity index (χ4v) is 3.71. The molecule has 1 saturated heterocycles. The first-order chi connectivity index (χ1) is 13.3. The van der Waals surface area contributed by atoms with Crippen LogP contribution < -0.4 is 10.8 Å². The third-order valence-electron chi connectivity index (χ3n) is 5.01. The fourth-order valence-electron chi connectivity index (χ4n) is 3.71. The Bertz CT molecular complexity index is 785. The van der Waals surface area contributed by atoms with Crippen molar-refractivity contribution < 1.29 is 9.63 Å². The van der Waals surface area contributed by atoms with Crippen LogP contribution in [0.15, 0.2) is 91.0 Å². The molecule has 1 aliphatic rings. The van der Waals surface area contributed by atoms with Crippen molar-refractivity contribution in [2.75, 3.05) is 6.61 Å². The summed E-state index contributed by atoms with van der Waals surface area (Å²) in [5.74, 6) is -0.145. The van der Waals surface area contributed by atoms with Crippen molar-refractivity contribution in [3.63, 3.8) is 0 Å². The summed E-state index contributed by atoms with van der Waals surface area (Å²) >= 11 is 0. The number of hydrogen-bond acceptors (Lipinski definition) is 3. The lowest BCUT2D eigenvalue weighted by Gasteiger charge is -2.40. The predicted molar refractivity (Wildman–Crippen MR) is 105 cm³/mol. The zero-order valence-electron chi connectivity index (χ0n) is 15.0. The predicted octanol–water partition coefficient (Wildman–Crippen LogP) is 3.39. The number of amides is 1. The van der Waals surface area contributed by atoms with Gasteiger partial charge < -0.3 is 0 Å². The van der Waals surface area contributed by atoms with E-state index in [0.717, 1.165) is 16.7 Å². The van der Waals surface area contributed by atoms with Gasteiger partial charge in [-0.15, -0.1) is 0 Å². The zero-order chi connectivity index (χ0) is 18.5. The molecule has 3 aromatic carbocycles. The summed E-state index contributed by atoms with van der Waals surface area (Å²) in [7, 11) is 0. The second kappa shape index (κ2) is 7.74. The van der Waals surface area contributed by atoms with Crippen molar-refractivity contribution in [2.24, 2.45) is 0 Å². The van der Waals surface area contributed by atoms with Gasteiger partial charge in [-0.3, -0.25) is 14.9 Å². The van der Waals surface area contributed by atoms with Crippen molar-refractivity contribution in [3.8, 4) is 0 Å². The molecule has 0 aromatic heterocycles. The highest BCUT2D eigenvalue weighted by Crippen LogP contribution is 2.37. The van der Waals surface area contributed by atoms with Crippen LogP contribution in [0.25, 0.3) is 0 Å². The molecule has 4 nitrogen and oxygen atoms in total. The largest absolute Gasteiger partial charge is 0.289 e. The Morgan fingerprint density at radius 3 is 1.63 bits per heavy atom. The first kappa shape index (κ1) is 17.5. The maximum absolute atomic E-state index is 12.5. The summed E-state index contributed by atoms with van der Waals surface area (Å²) in [5.41, 5.74) is 5.11. The molecule has 0 radical (unpaired) electrons. The number of carbonyl (C=O) groups excluding carboxylic acids is 1. The normalized spacial score (nSPS) is 17.3. The molecule has 2 N–H and O–H groups in total. The van der Waals surface area contributed by atoms with E-state index in [2.05, 4.69) is 47.2 Å². The zero-order valence-corrected chi connectivity index (χ0v) is 15.0. The average molecular weight is 358 g/mol. The molecule has 0 aliphatic carbocycles. The molecule has 1 amide bonds. The van der Waals surface area contributed by atoms with Crippen LogP contribution in [0.2, 0.25) is 0 Å². The first-order valence-corrected chi connectivity index (χ1v) is 9.16. The van der Waals surface area contributed by atoms with Gasteiger partial charge in [-0.2, -0.15) is 0 Å². The van der Waals surface area contributed by atoms with Crippen LogP contribution in [0.4, 0.5) is 0 Å². The fraction of sp³-hybridized carbons (Fsp3) is 0.174. The monoisotopic (exact) mass is 358 g/mol. The van der Waals surface area contributed by atoms with E-state index in [4.69, 9.17) is 4.84 Å². The van der Waals surface area contributed by atoms with E-state index in [1.165, 1.54) is 0 Å². The smallest absolute Gasteiger partial charge is 0.260 e. The quantitative estimate of drug-likeness (QED) is 0.688. The summed E-state index contributed by atoms with van der Waals surface area (Å²) in [6.45, 7) is 0.484. The lowest BCUT2D eigenvalue weighted by atomic mass is 9.76. The van der Waals surface area contributed by atoms with Gasteiger partial charge in [0.1, 0.15) is 0 Å². The Hall–Kier alpha value is -2.95. The Morgan fingerprint density at radius 1 is 0.778 bits per heavy atom. The van der Waals surface area contributed by atoms with Crippen LogP contribution in [0.3, 0.4) is 0 Å². The van der Waals surface area contributed by atoms with Gasteiger partial charge in [-0.1, -0.05) is 91.0 Å². The number of hydroxylamine groups is 1. The third-order valence-corrected chi connectivity index (χ3v) is 5.01. The molecular formula is C23H22N2O2. The Kier molecular flexibility index (Phi) is 5.01. The summed E-state index contributed by atoms with van der Waals surface area (Å²) in [5, 5.41) is 3.68. The highest BCUT2D eigenvalue weighted by Gasteiger charge is 2.40. The van der Waals surface area contributed by atoms with Crippen molar-refractivity contribution in [1.29, 1.82) is 0 Å². The van der Waals surface area contributed by atoms with Crippen molar-refractivity contribution in [3.05, 3.63) is 108 Å². The molecular weight excluding hydrogens is 336 g/mol. The summed E-state index contributed by atoms with van der Waals surface area (Å²) in [4.78, 5) is 17.6. The first-order valence-electron chi connectivity index (χ1n) is 9.16. The van der Waals surface area contributed by atoms with Gasteiger partial charge in [-0.05, 0) is 23.1 Å². The van der Waals surface area contributed by atoms with E-state index in [-0.39, 0.29) is 11.9 Å². The molecule has 1 atom stereocenters. The standard InChI is InChI=1S/C23H22N2O2/c26-22-21(16-17-27-25-22)24-23(18-10-4-1-5-11-18,19-12-6-2-7-13-19)20-14-8-3-9-15-20/h1-15,21,24H,16-17H2,(H,25,26)/t21-/m0/s1. The third kappa shape index (κ3) is 3.37. The van der Waals surface area contributed by atoms with E-state index in [0.29, 0.717) is 13.0 Å². The molecule has 0 saturated carbocycles. The molecule has 4 heteroatoms. The van der Waals surface area contributed by atoms with Gasteiger partial charge in [0, 0.05) is 0 Å². The summed E-state index contributed by atoms with van der Waals surface area (Å²) in [6, 6.07) is 30.4. The number of carbonyl (C=O) groups is 1. The van der Waals surface area contributed by atoms with Crippen LogP contribution >= 0.6 is 0 Å². The minimum Gasteiger partial charge on any atom is -0.289 e. The van der Waals surface area contributed by atoms with E-state index in [1.807, 2.05) is 54.6 Å². The summed E-state index contributed by atoms with van der Waals surface area (Å²) < 4.78 is 0. The van der Waals surface area contributed by atoms with E-state index in [1.54, 1.807) is 0 Å². The van der Waals surface area contributed by atoms with E-state index >= 15 is 0 Å². The molecule has 136 valence electrons. The van der Waals surface area contributed by atoms with Crippen molar-refractivity contribution >= 4 is 5.91 Å². The molecule has 1 aliphatic heterocycles. The van der Waals surface area contributed by atoms with Gasteiger partial charge in [0.2, 0.25) is 0 Å². The second-order valence-corrected chi connectivity index (χ2v) is 6.65. The van der Waals surface area contributed by atoms with Crippen LogP contribution in [0, 0.1) is 0 Å². The lowest BCUT2D eigenvalue weighted by Crippen LogP contribution is -2.57. The minimum absolute atomic E-state index is 0.145. The molecule has 4 rings (SSSR count). The van der Waals surface area contributed by atoms with Crippen molar-refractivity contribution in [1.82, 2.24) is 10.8 Å². The van der Waals surface area contributed by atoms with Gasteiger partial charge in [0.15, 0.2) is 0 Å². The maximum Gasteiger partial charge on any atom is 0.260 e. The second-order valence-electron chi connectivity index (χ2n) is 6.65. The molecule has 1 fully saturated rings. The van der Waals surface area contributed by atoms with Crippen molar-refractivity contribution in [2.45, 2.75) is 18.0 Å². The highest BCUT2D eigenvalue weighted by atomic mass is 16.7. The Balaban J connectivity index is 1.93. The average Bonchev–Trinajstić information content (AvgIpc) is 2.75. The minimum atomic E-state index is -0.650. The molecule has 3 aromatic rings. The summed E-state index contributed by atoms with van der Waals surface area (Å²) in [6.07, 6.45) is 0.611. The van der Waals surface area contributed by atoms with Gasteiger partial charge >= 0.3 is 0 Å². The highest BCUT2D eigenvalue weighted by molar-refractivity contribution is 5.81. The van der Waals surface area contributed by atoms with Crippen LogP contribution in [0.1, 0.15) is 23.1 Å². The van der Waals surface area contributed by atoms with Gasteiger partial charge in [0.25, 0.3) is 5.91 Å². The molecule has 1 heterocycles. The molecule has 0 spiro atoms. The molecule has 0 bridgehead atoms. The molecule has 0 unspecified atom stereocenters. The lowest BCUT2D eigenvalue weighted by molar-refractivity contribution is -0.142. The number of nitrogens with one attached hydrogen (secondary N) is 2. The number of rotatable bonds is 5.